The maximum atomic E-state index is 12.1. The summed E-state index contributed by atoms with van der Waals surface area (Å²) in [7, 11) is -2.83. The fourth-order valence-electron chi connectivity index (χ4n) is 1.92. The third-order valence-corrected chi connectivity index (χ3v) is 6.31. The lowest BCUT2D eigenvalue weighted by Crippen LogP contribution is -2.32. The molecule has 0 unspecified atom stereocenters. The van der Waals surface area contributed by atoms with Crippen molar-refractivity contribution in [1.29, 1.82) is 0 Å². The molecule has 0 spiro atoms. The van der Waals surface area contributed by atoms with Crippen LogP contribution >= 0.6 is 34.5 Å². The molecule has 2 aromatic rings. The summed E-state index contributed by atoms with van der Waals surface area (Å²) >= 11 is 12.6. The number of ether oxygens (including phenoxy) is 2. The Morgan fingerprint density at radius 1 is 1.14 bits per heavy atom. The molecule has 0 atom stereocenters. The molecule has 1 amide bonds. The summed E-state index contributed by atoms with van der Waals surface area (Å²) in [5, 5.41) is 4.19. The van der Waals surface area contributed by atoms with Gasteiger partial charge in [-0.2, -0.15) is 4.72 Å². The van der Waals surface area contributed by atoms with Gasteiger partial charge in [-0.25, -0.2) is 13.2 Å². The van der Waals surface area contributed by atoms with Gasteiger partial charge in [0.25, 0.3) is 5.91 Å². The number of anilines is 1. The summed E-state index contributed by atoms with van der Waals surface area (Å²) in [4.78, 5) is 35.1. The molecule has 0 saturated heterocycles. The van der Waals surface area contributed by atoms with Crippen molar-refractivity contribution in [2.45, 2.75) is 4.90 Å². The summed E-state index contributed by atoms with van der Waals surface area (Å²) in [5.74, 6) is -2.32. The molecule has 2 rings (SSSR count). The number of hydrogen-bond donors (Lipinski definition) is 2. The van der Waals surface area contributed by atoms with Gasteiger partial charge in [0.2, 0.25) is 10.0 Å². The van der Waals surface area contributed by atoms with E-state index in [9.17, 15) is 22.8 Å². The molecule has 2 N–H and O–H groups in total. The van der Waals surface area contributed by atoms with Crippen LogP contribution in [-0.2, 0) is 29.1 Å². The first-order valence-corrected chi connectivity index (χ1v) is 10.8. The highest BCUT2D eigenvalue weighted by molar-refractivity contribution is 7.89. The van der Waals surface area contributed by atoms with E-state index in [0.717, 1.165) is 17.4 Å². The van der Waals surface area contributed by atoms with Crippen LogP contribution in [0.4, 0.5) is 5.69 Å². The Kier molecular flexibility index (Phi) is 7.99. The number of sulfonamides is 1. The third kappa shape index (κ3) is 6.41. The number of esters is 2. The van der Waals surface area contributed by atoms with Crippen LogP contribution in [0.5, 0.6) is 0 Å². The smallest absolute Gasteiger partial charge is 0.350 e. The second-order valence-corrected chi connectivity index (χ2v) is 8.76. The number of hydrogen-bond acceptors (Lipinski definition) is 8. The quantitative estimate of drug-likeness (QED) is 0.554. The molecule has 0 aliphatic rings. The van der Waals surface area contributed by atoms with Crippen molar-refractivity contribution in [2.24, 2.45) is 0 Å². The third-order valence-electron chi connectivity index (χ3n) is 3.28. The second kappa shape index (κ2) is 10.0. The minimum absolute atomic E-state index is 0.0357. The first-order valence-electron chi connectivity index (χ1n) is 7.70. The number of benzene rings is 1. The van der Waals surface area contributed by atoms with Gasteiger partial charge in [-0.05, 0) is 29.6 Å². The molecule has 29 heavy (non-hydrogen) atoms. The van der Waals surface area contributed by atoms with Crippen LogP contribution in [-0.4, -0.2) is 46.5 Å². The van der Waals surface area contributed by atoms with Gasteiger partial charge in [-0.15, -0.1) is 11.3 Å². The zero-order chi connectivity index (χ0) is 21.6. The van der Waals surface area contributed by atoms with Crippen molar-refractivity contribution in [3.8, 4) is 0 Å². The second-order valence-electron chi connectivity index (χ2n) is 5.26. The molecule has 1 aromatic carbocycles. The SMILES string of the molecule is COC(=O)c1sccc1NC(=O)COC(=O)CNS(=O)(=O)c1ccc(Cl)c(Cl)c1. The van der Waals surface area contributed by atoms with Crippen molar-refractivity contribution >= 4 is 68.1 Å². The highest BCUT2D eigenvalue weighted by atomic mass is 35.5. The van der Waals surface area contributed by atoms with E-state index in [1.165, 1.54) is 25.3 Å². The Morgan fingerprint density at radius 3 is 2.52 bits per heavy atom. The monoisotopic (exact) mass is 480 g/mol. The molecule has 0 fully saturated rings. The molecular weight excluding hydrogens is 467 g/mol. The van der Waals surface area contributed by atoms with Gasteiger partial charge in [0.15, 0.2) is 6.61 Å². The van der Waals surface area contributed by atoms with Crippen molar-refractivity contribution in [1.82, 2.24) is 4.72 Å². The Hall–Kier alpha value is -2.18. The number of nitrogens with one attached hydrogen (secondary N) is 2. The molecule has 156 valence electrons. The maximum Gasteiger partial charge on any atom is 0.350 e. The van der Waals surface area contributed by atoms with E-state index in [0.29, 0.717) is 0 Å². The Balaban J connectivity index is 1.85. The summed E-state index contributed by atoms with van der Waals surface area (Å²) in [6.45, 7) is -1.38. The zero-order valence-electron chi connectivity index (χ0n) is 14.7. The van der Waals surface area contributed by atoms with E-state index in [4.69, 9.17) is 27.9 Å². The molecule has 9 nitrogen and oxygen atoms in total. The zero-order valence-corrected chi connectivity index (χ0v) is 17.9. The Labute approximate surface area is 179 Å². The predicted molar refractivity (Wildman–Crippen MR) is 107 cm³/mol. The lowest BCUT2D eigenvalue weighted by atomic mass is 10.4. The van der Waals surface area contributed by atoms with Gasteiger partial charge in [-0.3, -0.25) is 9.59 Å². The number of carbonyl (C=O) groups excluding carboxylic acids is 3. The van der Waals surface area contributed by atoms with Crippen molar-refractivity contribution in [2.75, 3.05) is 25.6 Å². The molecule has 0 radical (unpaired) electrons. The van der Waals surface area contributed by atoms with Crippen LogP contribution in [0.15, 0.2) is 34.5 Å². The fourth-order valence-corrected chi connectivity index (χ4v) is 4.05. The molecule has 0 saturated carbocycles. The van der Waals surface area contributed by atoms with E-state index < -0.39 is 41.0 Å². The first kappa shape index (κ1) is 23.1. The van der Waals surface area contributed by atoms with Crippen LogP contribution in [0, 0.1) is 0 Å². The molecular formula is C16H14Cl2N2O7S2. The lowest BCUT2D eigenvalue weighted by molar-refractivity contribution is -0.146. The minimum atomic E-state index is -4.04. The van der Waals surface area contributed by atoms with E-state index >= 15 is 0 Å². The molecule has 13 heteroatoms. The normalized spacial score (nSPS) is 11.0. The van der Waals surface area contributed by atoms with Crippen LogP contribution in [0.25, 0.3) is 0 Å². The van der Waals surface area contributed by atoms with E-state index in [-0.39, 0.29) is 25.5 Å². The summed E-state index contributed by atoms with van der Waals surface area (Å²) in [5.41, 5.74) is 0.211. The molecule has 0 aliphatic carbocycles. The van der Waals surface area contributed by atoms with E-state index in [1.54, 1.807) is 5.38 Å². The van der Waals surface area contributed by atoms with Gasteiger partial charge in [0, 0.05) is 0 Å². The Bertz CT molecular complexity index is 1040. The molecule has 0 aliphatic heterocycles. The average molecular weight is 481 g/mol. The van der Waals surface area contributed by atoms with Gasteiger partial charge in [0.1, 0.15) is 11.4 Å². The minimum Gasteiger partial charge on any atom is -0.465 e. The van der Waals surface area contributed by atoms with Crippen LogP contribution in [0.2, 0.25) is 10.0 Å². The number of amides is 1. The highest BCUT2D eigenvalue weighted by Crippen LogP contribution is 2.25. The maximum absolute atomic E-state index is 12.1. The molecule has 0 bridgehead atoms. The standard InChI is InChI=1S/C16H14Cl2N2O7S2/c1-26-16(23)15-12(4-5-28-15)20-13(21)8-27-14(22)7-19-29(24,25)9-2-3-10(17)11(18)6-9/h2-6,19H,7-8H2,1H3,(H,20,21). The summed E-state index contributed by atoms with van der Waals surface area (Å²) in [6, 6.07) is 5.13. The van der Waals surface area contributed by atoms with Crippen molar-refractivity contribution in [3.05, 3.63) is 44.6 Å². The first-order chi connectivity index (χ1) is 13.6. The van der Waals surface area contributed by atoms with Gasteiger partial charge in [0.05, 0.1) is 27.7 Å². The topological polar surface area (TPSA) is 128 Å². The van der Waals surface area contributed by atoms with E-state index in [1.807, 2.05) is 4.72 Å². The summed E-state index contributed by atoms with van der Waals surface area (Å²) in [6.07, 6.45) is 0. The van der Waals surface area contributed by atoms with Crippen molar-refractivity contribution in [3.63, 3.8) is 0 Å². The van der Waals surface area contributed by atoms with Gasteiger partial charge >= 0.3 is 11.9 Å². The van der Waals surface area contributed by atoms with Crippen molar-refractivity contribution < 1.29 is 32.3 Å². The number of thiophene rings is 1. The summed E-state index contributed by atoms with van der Waals surface area (Å²) < 4.78 is 35.6. The molecule has 1 heterocycles. The fraction of sp³-hybridized carbons (Fsp3) is 0.188. The number of halogens is 2. The Morgan fingerprint density at radius 2 is 1.86 bits per heavy atom. The number of carbonyl (C=O) groups is 3. The van der Waals surface area contributed by atoms with Gasteiger partial charge < -0.3 is 14.8 Å². The largest absolute Gasteiger partial charge is 0.465 e. The average Bonchev–Trinajstić information content (AvgIpc) is 3.14. The molecule has 1 aromatic heterocycles. The van der Waals surface area contributed by atoms with Crippen LogP contribution in [0.3, 0.4) is 0 Å². The van der Waals surface area contributed by atoms with Crippen LogP contribution < -0.4 is 10.0 Å². The van der Waals surface area contributed by atoms with Gasteiger partial charge in [-0.1, -0.05) is 23.2 Å². The number of rotatable bonds is 8. The highest BCUT2D eigenvalue weighted by Gasteiger charge is 2.19. The van der Waals surface area contributed by atoms with Crippen LogP contribution in [0.1, 0.15) is 9.67 Å². The number of methoxy groups -OCH3 is 1. The van der Waals surface area contributed by atoms with E-state index in [2.05, 4.69) is 10.1 Å². The lowest BCUT2D eigenvalue weighted by Gasteiger charge is -2.09. The predicted octanol–water partition coefficient (Wildman–Crippen LogP) is 2.30.